The first-order valence-electron chi connectivity index (χ1n) is 10.7. The molecule has 0 radical (unpaired) electrons. The summed E-state index contributed by atoms with van der Waals surface area (Å²) >= 11 is 0. The highest BCUT2D eigenvalue weighted by Gasteiger charge is 2.49. The van der Waals surface area contributed by atoms with Gasteiger partial charge in [-0.2, -0.15) is 0 Å². The monoisotopic (exact) mass is 372 g/mol. The van der Waals surface area contributed by atoms with Gasteiger partial charge in [-0.15, -0.1) is 0 Å². The van der Waals surface area contributed by atoms with E-state index in [2.05, 4.69) is 6.08 Å². The van der Waals surface area contributed by atoms with Crippen LogP contribution in [0.25, 0.3) is 0 Å². The van der Waals surface area contributed by atoms with E-state index in [4.69, 9.17) is 4.74 Å². The molecule has 2 heteroatoms. The van der Waals surface area contributed by atoms with Crippen LogP contribution in [-0.2, 0) is 6.61 Å². The number of carbonyl (C=O) groups is 1. The average molecular weight is 373 g/mol. The standard InChI is InChI=1S/C26H28O2/c27-25(9-10-26-15-20-11-21(16-26)13-22(12-20)17-26)23-7-4-8-24(14-23)28-18-19-5-2-1-3-6-19/h1-10,14,20-22H,11-13,15-18H2. The fourth-order valence-corrected chi connectivity index (χ4v) is 6.21. The molecule has 4 fully saturated rings. The minimum Gasteiger partial charge on any atom is -0.489 e. The van der Waals surface area contributed by atoms with Gasteiger partial charge in [-0.1, -0.05) is 48.5 Å². The number of ether oxygens (including phenoxy) is 1. The highest BCUT2D eigenvalue weighted by Crippen LogP contribution is 2.60. The molecule has 2 nitrogen and oxygen atoms in total. The van der Waals surface area contributed by atoms with Gasteiger partial charge in [0.15, 0.2) is 5.78 Å². The number of hydrogen-bond acceptors (Lipinski definition) is 2. The fraction of sp³-hybridized carbons (Fsp3) is 0.423. The van der Waals surface area contributed by atoms with Crippen LogP contribution in [0.5, 0.6) is 5.75 Å². The minimum absolute atomic E-state index is 0.0981. The summed E-state index contributed by atoms with van der Waals surface area (Å²) in [6, 6.07) is 17.7. The third-order valence-corrected chi connectivity index (χ3v) is 7.04. The second kappa shape index (κ2) is 7.24. The van der Waals surface area contributed by atoms with Crippen LogP contribution in [-0.4, -0.2) is 5.78 Å². The molecule has 0 saturated heterocycles. The highest BCUT2D eigenvalue weighted by atomic mass is 16.5. The van der Waals surface area contributed by atoms with E-state index in [1.807, 2.05) is 60.7 Å². The normalized spacial score (nSPS) is 30.6. The summed E-state index contributed by atoms with van der Waals surface area (Å²) in [5.74, 6) is 3.56. The van der Waals surface area contributed by atoms with Crippen LogP contribution in [0.15, 0.2) is 66.7 Å². The zero-order valence-electron chi connectivity index (χ0n) is 16.3. The first-order valence-corrected chi connectivity index (χ1v) is 10.7. The Morgan fingerprint density at radius 3 is 2.29 bits per heavy atom. The van der Waals surface area contributed by atoms with Gasteiger partial charge in [0.25, 0.3) is 0 Å². The van der Waals surface area contributed by atoms with Crippen molar-refractivity contribution < 1.29 is 9.53 Å². The summed E-state index contributed by atoms with van der Waals surface area (Å²) in [6.45, 7) is 0.515. The Morgan fingerprint density at radius 2 is 1.61 bits per heavy atom. The van der Waals surface area contributed by atoms with Crippen LogP contribution in [0.3, 0.4) is 0 Å². The molecular weight excluding hydrogens is 344 g/mol. The van der Waals surface area contributed by atoms with E-state index >= 15 is 0 Å². The predicted molar refractivity (Wildman–Crippen MR) is 111 cm³/mol. The molecule has 0 N–H and O–H groups in total. The second-order valence-electron chi connectivity index (χ2n) is 9.28. The van der Waals surface area contributed by atoms with Gasteiger partial charge in [-0.25, -0.2) is 0 Å². The largest absolute Gasteiger partial charge is 0.489 e. The minimum atomic E-state index is 0.0981. The molecule has 0 unspecified atom stereocenters. The molecule has 4 aliphatic carbocycles. The van der Waals surface area contributed by atoms with Crippen molar-refractivity contribution in [2.45, 2.75) is 45.1 Å². The Kier molecular flexibility index (Phi) is 4.58. The van der Waals surface area contributed by atoms with Gasteiger partial charge in [0.05, 0.1) is 0 Å². The van der Waals surface area contributed by atoms with E-state index in [0.717, 1.165) is 29.1 Å². The number of hydrogen-bond donors (Lipinski definition) is 0. The Bertz CT molecular complexity index is 845. The Balaban J connectivity index is 1.26. The summed E-state index contributed by atoms with van der Waals surface area (Å²) in [5.41, 5.74) is 2.14. The lowest BCUT2D eigenvalue weighted by Crippen LogP contribution is -2.45. The van der Waals surface area contributed by atoms with E-state index < -0.39 is 0 Å². The molecule has 0 heterocycles. The molecule has 4 bridgehead atoms. The van der Waals surface area contributed by atoms with Gasteiger partial charge in [-0.3, -0.25) is 4.79 Å². The highest BCUT2D eigenvalue weighted by molar-refractivity contribution is 6.04. The molecule has 2 aromatic carbocycles. The number of benzene rings is 2. The summed E-state index contributed by atoms with van der Waals surface area (Å²) in [5, 5.41) is 0. The summed E-state index contributed by atoms with van der Waals surface area (Å²) in [7, 11) is 0. The maximum Gasteiger partial charge on any atom is 0.185 e. The van der Waals surface area contributed by atoms with Gasteiger partial charge in [-0.05, 0) is 85.5 Å². The first-order chi connectivity index (χ1) is 13.7. The summed E-state index contributed by atoms with van der Waals surface area (Å²) < 4.78 is 5.89. The third-order valence-electron chi connectivity index (χ3n) is 7.04. The van der Waals surface area contributed by atoms with E-state index in [1.54, 1.807) is 0 Å². The van der Waals surface area contributed by atoms with E-state index in [-0.39, 0.29) is 5.78 Å². The topological polar surface area (TPSA) is 26.3 Å². The summed E-state index contributed by atoms with van der Waals surface area (Å²) in [4.78, 5) is 12.8. The molecule has 144 valence electrons. The van der Waals surface area contributed by atoms with Crippen molar-refractivity contribution in [3.8, 4) is 5.75 Å². The zero-order chi connectivity index (χ0) is 19.0. The molecule has 0 aromatic heterocycles. The molecule has 0 spiro atoms. The Labute approximate surface area is 167 Å². The second-order valence-corrected chi connectivity index (χ2v) is 9.28. The average Bonchev–Trinajstić information content (AvgIpc) is 2.71. The van der Waals surface area contributed by atoms with Crippen molar-refractivity contribution in [2.75, 3.05) is 0 Å². The van der Waals surface area contributed by atoms with Crippen LogP contribution in [0.4, 0.5) is 0 Å². The molecule has 28 heavy (non-hydrogen) atoms. The number of carbonyl (C=O) groups excluding carboxylic acids is 1. The Morgan fingerprint density at radius 1 is 0.929 bits per heavy atom. The number of ketones is 1. The van der Waals surface area contributed by atoms with Gasteiger partial charge in [0, 0.05) is 5.56 Å². The van der Waals surface area contributed by atoms with Gasteiger partial charge >= 0.3 is 0 Å². The molecule has 4 aliphatic rings. The van der Waals surface area contributed by atoms with Crippen molar-refractivity contribution >= 4 is 5.78 Å². The van der Waals surface area contributed by atoms with E-state index in [0.29, 0.717) is 17.6 Å². The Hall–Kier alpha value is -2.35. The van der Waals surface area contributed by atoms with Crippen molar-refractivity contribution in [1.29, 1.82) is 0 Å². The maximum absolute atomic E-state index is 12.8. The van der Waals surface area contributed by atoms with Crippen molar-refractivity contribution in [1.82, 2.24) is 0 Å². The number of allylic oxidation sites excluding steroid dienone is 2. The van der Waals surface area contributed by atoms with Crippen LogP contribution < -0.4 is 4.74 Å². The van der Waals surface area contributed by atoms with Crippen LogP contribution in [0.2, 0.25) is 0 Å². The fourth-order valence-electron chi connectivity index (χ4n) is 6.21. The zero-order valence-corrected chi connectivity index (χ0v) is 16.3. The van der Waals surface area contributed by atoms with Gasteiger partial charge in [0.2, 0.25) is 0 Å². The molecule has 0 amide bonds. The molecule has 6 rings (SSSR count). The lowest BCUT2D eigenvalue weighted by atomic mass is 9.49. The first kappa shape index (κ1) is 17.7. The SMILES string of the molecule is O=C(C=CC12CC3CC(CC(C3)C1)C2)c1cccc(OCc2ccccc2)c1. The van der Waals surface area contributed by atoms with E-state index in [9.17, 15) is 4.79 Å². The van der Waals surface area contributed by atoms with Crippen molar-refractivity contribution in [3.63, 3.8) is 0 Å². The lowest BCUT2D eigenvalue weighted by Gasteiger charge is -2.55. The predicted octanol–water partition coefficient (Wildman–Crippen LogP) is 6.22. The van der Waals surface area contributed by atoms with Crippen molar-refractivity contribution in [3.05, 3.63) is 77.9 Å². The van der Waals surface area contributed by atoms with Crippen LogP contribution in [0, 0.1) is 23.2 Å². The van der Waals surface area contributed by atoms with Gasteiger partial charge in [0.1, 0.15) is 12.4 Å². The quantitative estimate of drug-likeness (QED) is 0.444. The molecule has 0 aliphatic heterocycles. The van der Waals surface area contributed by atoms with Crippen LogP contribution >= 0.6 is 0 Å². The lowest BCUT2D eigenvalue weighted by molar-refractivity contribution is -0.0238. The van der Waals surface area contributed by atoms with E-state index in [1.165, 1.54) is 38.5 Å². The number of rotatable bonds is 6. The smallest absolute Gasteiger partial charge is 0.185 e. The molecular formula is C26H28O2. The molecule has 2 aromatic rings. The maximum atomic E-state index is 12.8. The molecule has 4 saturated carbocycles. The summed E-state index contributed by atoms with van der Waals surface area (Å²) in [6.07, 6.45) is 12.3. The van der Waals surface area contributed by atoms with Crippen LogP contribution in [0.1, 0.15) is 54.4 Å². The van der Waals surface area contributed by atoms with Gasteiger partial charge < -0.3 is 4.74 Å². The molecule has 0 atom stereocenters. The van der Waals surface area contributed by atoms with Crippen molar-refractivity contribution in [2.24, 2.45) is 23.2 Å². The third kappa shape index (κ3) is 3.65.